The van der Waals surface area contributed by atoms with Crippen molar-refractivity contribution in [3.63, 3.8) is 0 Å². The molecule has 0 unspecified atom stereocenters. The highest BCUT2D eigenvalue weighted by molar-refractivity contribution is 6.14. The van der Waals surface area contributed by atoms with E-state index in [0.717, 1.165) is 105 Å². The Kier molecular flexibility index (Phi) is 7.70. The Hall–Kier alpha value is -10.2. The maximum atomic E-state index is 8.84. The van der Waals surface area contributed by atoms with Crippen molar-refractivity contribution in [2.24, 2.45) is 0 Å². The average Bonchev–Trinajstić information content (AvgIpc) is 1.86. The average molecular weight is 967 g/mol. The molecule has 0 aliphatic rings. The third-order valence-electron chi connectivity index (χ3n) is 14.3. The van der Waals surface area contributed by atoms with E-state index in [9.17, 15) is 0 Å². The van der Waals surface area contributed by atoms with Gasteiger partial charge in [-0.3, -0.25) is 0 Å². The molecule has 15 aromatic rings. The zero-order valence-corrected chi connectivity index (χ0v) is 39.8. The topological polar surface area (TPSA) is 53.5 Å². The van der Waals surface area contributed by atoms with E-state index in [-0.39, 0.29) is 28.6 Å². The number of fused-ring (bicyclic) bond motifs is 9. The second-order valence-electron chi connectivity index (χ2n) is 18.5. The third-order valence-corrected chi connectivity index (χ3v) is 14.3. The first-order valence-corrected chi connectivity index (χ1v) is 24.6. The van der Waals surface area contributed by atoms with Crippen LogP contribution < -0.4 is 0 Å². The summed E-state index contributed by atoms with van der Waals surface area (Å²) in [5.41, 5.74) is 13.1. The number of hydrogen-bond acceptors (Lipinski definition) is 3. The predicted octanol–water partition coefficient (Wildman–Crippen LogP) is 17.5. The molecule has 0 saturated heterocycles. The van der Waals surface area contributed by atoms with E-state index in [1.807, 2.05) is 24.3 Å². The molecule has 350 valence electrons. The van der Waals surface area contributed by atoms with E-state index >= 15 is 0 Å². The minimum Gasteiger partial charge on any atom is -0.309 e. The van der Waals surface area contributed by atoms with Gasteiger partial charge in [-0.1, -0.05) is 182 Å². The van der Waals surface area contributed by atoms with Gasteiger partial charge in [-0.15, -0.1) is 0 Å². The molecule has 0 N–H and O–H groups in total. The Balaban J connectivity index is 0.951. The Morgan fingerprint density at radius 3 is 1.07 bits per heavy atom. The van der Waals surface area contributed by atoms with Crippen molar-refractivity contribution in [1.82, 2.24) is 28.7 Å². The van der Waals surface area contributed by atoms with Gasteiger partial charge in [0.05, 0.1) is 46.8 Å². The van der Waals surface area contributed by atoms with Crippen LogP contribution in [0.4, 0.5) is 0 Å². The predicted molar refractivity (Wildman–Crippen MR) is 310 cm³/mol. The van der Waals surface area contributed by atoms with Gasteiger partial charge in [0.25, 0.3) is 0 Å². The summed E-state index contributed by atoms with van der Waals surface area (Å²) in [6, 6.07) is 65.9. The van der Waals surface area contributed by atoms with Crippen LogP contribution in [0.25, 0.3) is 139 Å². The lowest BCUT2D eigenvalue weighted by Gasteiger charge is -2.12. The smallest absolute Gasteiger partial charge is 0.164 e. The van der Waals surface area contributed by atoms with Gasteiger partial charge in [0.2, 0.25) is 0 Å². The molecule has 0 saturated carbocycles. The standard InChI is InChI=1S/C69H44N6/c1-5-17-45(18-6-1)50-31-37-57-55-25-13-15-27-61(55)74(65(57)41-50)53-35-39-63-59(43-53)60-44-54(75-62-28-16-14-26-56(62)58-38-32-51(42-66(58)75)46-19-7-2-8-20-46)36-40-64(60)73(63)52-33-29-49(30-34-52)69-71-67(47-21-9-3-10-22-47)70-68(72-69)48-23-11-4-12-24-48/h1-44H/i3D,4D,9D,10D,11D,12D,21D,22D,23D,24D. The second-order valence-corrected chi connectivity index (χ2v) is 18.5. The Bertz CT molecular complexity index is 4950. The van der Waals surface area contributed by atoms with E-state index in [1.54, 1.807) is 12.1 Å². The first kappa shape index (κ1) is 33.5. The summed E-state index contributed by atoms with van der Waals surface area (Å²) in [5, 5.41) is 6.56. The molecule has 11 aromatic carbocycles. The van der Waals surface area contributed by atoms with Crippen LogP contribution in [-0.4, -0.2) is 28.7 Å². The lowest BCUT2D eigenvalue weighted by molar-refractivity contribution is 1.07. The van der Waals surface area contributed by atoms with Crippen molar-refractivity contribution in [2.75, 3.05) is 0 Å². The normalized spacial score (nSPS) is 13.6. The highest BCUT2D eigenvalue weighted by atomic mass is 15.0. The number of nitrogens with zero attached hydrogens (tertiary/aromatic N) is 6. The molecule has 0 fully saturated rings. The Labute approximate surface area is 446 Å². The monoisotopic (exact) mass is 966 g/mol. The number of benzene rings is 11. The molecule has 4 heterocycles. The number of hydrogen-bond donors (Lipinski definition) is 0. The lowest BCUT2D eigenvalue weighted by Crippen LogP contribution is -2.00. The van der Waals surface area contributed by atoms with Gasteiger partial charge in [-0.05, 0) is 107 Å². The molecule has 0 aliphatic heterocycles. The van der Waals surface area contributed by atoms with E-state index < -0.39 is 60.4 Å². The van der Waals surface area contributed by atoms with Gasteiger partial charge >= 0.3 is 0 Å². The molecule has 15 rings (SSSR count). The summed E-state index contributed by atoms with van der Waals surface area (Å²) < 4.78 is 92.6. The summed E-state index contributed by atoms with van der Waals surface area (Å²) in [5.74, 6) is -0.688. The van der Waals surface area contributed by atoms with Crippen molar-refractivity contribution in [3.05, 3.63) is 267 Å². The fraction of sp³-hybridized carbons (Fsp3) is 0. The van der Waals surface area contributed by atoms with Gasteiger partial charge in [0, 0.05) is 66.1 Å². The van der Waals surface area contributed by atoms with Crippen molar-refractivity contribution >= 4 is 65.4 Å². The van der Waals surface area contributed by atoms with Crippen LogP contribution >= 0.6 is 0 Å². The molecular formula is C69H44N6. The molecule has 75 heavy (non-hydrogen) atoms. The molecule has 6 nitrogen and oxygen atoms in total. The molecule has 0 amide bonds. The first-order valence-electron chi connectivity index (χ1n) is 29.6. The van der Waals surface area contributed by atoms with Gasteiger partial charge in [0.1, 0.15) is 0 Å². The number of rotatable bonds is 8. The molecule has 0 spiro atoms. The molecular weight excluding hydrogens is 913 g/mol. The lowest BCUT2D eigenvalue weighted by atomic mass is 10.0. The summed E-state index contributed by atoms with van der Waals surface area (Å²) in [6.07, 6.45) is 0. The van der Waals surface area contributed by atoms with E-state index in [2.05, 4.69) is 189 Å². The van der Waals surface area contributed by atoms with Gasteiger partial charge < -0.3 is 13.7 Å². The van der Waals surface area contributed by atoms with Crippen molar-refractivity contribution in [3.8, 4) is 73.5 Å². The zero-order valence-electron chi connectivity index (χ0n) is 49.8. The third kappa shape index (κ3) is 7.07. The summed E-state index contributed by atoms with van der Waals surface area (Å²) in [4.78, 5) is 13.9. The van der Waals surface area contributed by atoms with Crippen molar-refractivity contribution in [1.29, 1.82) is 0 Å². The molecule has 6 heteroatoms. The number of aromatic nitrogens is 6. The van der Waals surface area contributed by atoms with Gasteiger partial charge in [-0.2, -0.15) is 0 Å². The van der Waals surface area contributed by atoms with Crippen LogP contribution in [0, 0.1) is 0 Å². The van der Waals surface area contributed by atoms with Crippen molar-refractivity contribution < 1.29 is 13.7 Å². The summed E-state index contributed by atoms with van der Waals surface area (Å²) in [6.45, 7) is 0. The van der Waals surface area contributed by atoms with Crippen LogP contribution in [0.3, 0.4) is 0 Å². The maximum absolute atomic E-state index is 8.84. The minimum atomic E-state index is -0.614. The van der Waals surface area contributed by atoms with Gasteiger partial charge in [0.15, 0.2) is 17.5 Å². The minimum absolute atomic E-state index is 0.0233. The van der Waals surface area contributed by atoms with E-state index in [4.69, 9.17) is 23.7 Å². The Morgan fingerprint density at radius 2 is 0.600 bits per heavy atom. The fourth-order valence-corrected chi connectivity index (χ4v) is 10.9. The first-order chi connectivity index (χ1) is 41.3. The van der Waals surface area contributed by atoms with Gasteiger partial charge in [-0.25, -0.2) is 15.0 Å². The van der Waals surface area contributed by atoms with Crippen LogP contribution in [0.1, 0.15) is 13.7 Å². The summed E-state index contributed by atoms with van der Waals surface area (Å²) in [7, 11) is 0. The van der Waals surface area contributed by atoms with Crippen molar-refractivity contribution in [2.45, 2.75) is 0 Å². The van der Waals surface area contributed by atoms with E-state index in [0.29, 0.717) is 5.56 Å². The SMILES string of the molecule is [2H]c1c([2H])c([2H])c(-c2nc(-c3ccc(-n4c5ccc(-n6c7ccccc7c7ccc(-c8ccccc8)cc76)cc5c5cc(-n6c7ccccc7c7ccc(-c8ccccc8)cc76)ccc54)cc3)nc(-c3c([2H])c([2H])c([2H])c([2H])c3[2H])n2)c([2H])c1[2H]. The second kappa shape index (κ2) is 17.3. The molecule has 0 atom stereocenters. The van der Waals surface area contributed by atoms with Crippen LogP contribution in [0.2, 0.25) is 0 Å². The highest BCUT2D eigenvalue weighted by Crippen LogP contribution is 2.41. The quantitative estimate of drug-likeness (QED) is 0.152. The molecule has 0 radical (unpaired) electrons. The van der Waals surface area contributed by atoms with Crippen LogP contribution in [0.5, 0.6) is 0 Å². The molecule has 0 bridgehead atoms. The molecule has 4 aromatic heterocycles. The maximum Gasteiger partial charge on any atom is 0.164 e. The number of para-hydroxylation sites is 2. The van der Waals surface area contributed by atoms with E-state index in [1.165, 1.54) is 0 Å². The van der Waals surface area contributed by atoms with Crippen LogP contribution in [-0.2, 0) is 0 Å². The summed E-state index contributed by atoms with van der Waals surface area (Å²) >= 11 is 0. The largest absolute Gasteiger partial charge is 0.309 e. The molecule has 0 aliphatic carbocycles. The Morgan fingerprint density at radius 1 is 0.240 bits per heavy atom. The zero-order chi connectivity index (χ0) is 58.1. The fourth-order valence-electron chi connectivity index (χ4n) is 10.9. The highest BCUT2D eigenvalue weighted by Gasteiger charge is 2.21. The van der Waals surface area contributed by atoms with Crippen LogP contribution in [0.15, 0.2) is 267 Å².